The number of carbonyl (C=O) groups excluding carboxylic acids is 1. The molecule has 0 radical (unpaired) electrons. The molecule has 0 aliphatic heterocycles. The van der Waals surface area contributed by atoms with Gasteiger partial charge in [-0.1, -0.05) is 12.1 Å². The van der Waals surface area contributed by atoms with E-state index in [-0.39, 0.29) is 29.8 Å². The van der Waals surface area contributed by atoms with Gasteiger partial charge in [0.05, 0.1) is 11.4 Å². The van der Waals surface area contributed by atoms with E-state index in [4.69, 9.17) is 4.18 Å². The first-order chi connectivity index (χ1) is 13.1. The quantitative estimate of drug-likeness (QED) is 0.694. The van der Waals surface area contributed by atoms with Crippen LogP contribution in [0.2, 0.25) is 0 Å². The number of benzene rings is 2. The molecular formula is C19H22F2N2O4S. The molecule has 2 rings (SSSR count). The first-order valence-corrected chi connectivity index (χ1v) is 10.2. The highest BCUT2D eigenvalue weighted by atomic mass is 32.2. The molecule has 0 aliphatic carbocycles. The van der Waals surface area contributed by atoms with Crippen molar-refractivity contribution in [1.82, 2.24) is 4.90 Å². The molecule has 0 heterocycles. The lowest BCUT2D eigenvalue weighted by Crippen LogP contribution is -2.39. The highest BCUT2D eigenvalue weighted by Gasteiger charge is 2.19. The predicted octanol–water partition coefficient (Wildman–Crippen LogP) is 4.14. The zero-order chi connectivity index (χ0) is 20.9. The summed E-state index contributed by atoms with van der Waals surface area (Å²) in [6, 6.07) is 8.43. The standard InChI is InChI=1S/C19H22F2N2O4S/c1-4-28(25,26)27-16-8-5-14(6-9-16)12-23(13(2)3)19(24)22-18-10-7-15(20)11-17(18)21/h5-11,13H,4,12H2,1-3H3,(H,22,24). The molecule has 0 saturated carbocycles. The first-order valence-electron chi connectivity index (χ1n) is 8.65. The molecule has 1 N–H and O–H groups in total. The Balaban J connectivity index is 2.10. The molecule has 0 unspecified atom stereocenters. The second-order valence-electron chi connectivity index (χ2n) is 6.35. The van der Waals surface area contributed by atoms with Gasteiger partial charge in [0, 0.05) is 18.7 Å². The topological polar surface area (TPSA) is 75.7 Å². The fourth-order valence-corrected chi connectivity index (χ4v) is 2.84. The van der Waals surface area contributed by atoms with Crippen LogP contribution in [-0.2, 0) is 16.7 Å². The van der Waals surface area contributed by atoms with E-state index in [1.54, 1.807) is 26.0 Å². The number of amides is 2. The molecule has 0 spiro atoms. The molecule has 9 heteroatoms. The van der Waals surface area contributed by atoms with Crippen molar-refractivity contribution in [2.75, 3.05) is 11.1 Å². The molecule has 0 fully saturated rings. The molecule has 152 valence electrons. The van der Waals surface area contributed by atoms with Gasteiger partial charge in [0.15, 0.2) is 0 Å². The molecule has 2 aromatic rings. The van der Waals surface area contributed by atoms with Gasteiger partial charge in [-0.15, -0.1) is 0 Å². The van der Waals surface area contributed by atoms with Crippen molar-refractivity contribution in [3.63, 3.8) is 0 Å². The fourth-order valence-electron chi connectivity index (χ4n) is 2.32. The van der Waals surface area contributed by atoms with E-state index in [0.29, 0.717) is 6.07 Å². The third kappa shape index (κ3) is 5.91. The van der Waals surface area contributed by atoms with E-state index in [9.17, 15) is 22.0 Å². The van der Waals surface area contributed by atoms with Gasteiger partial charge >= 0.3 is 16.1 Å². The van der Waals surface area contributed by atoms with Crippen molar-refractivity contribution >= 4 is 21.8 Å². The number of nitrogens with zero attached hydrogens (tertiary/aromatic N) is 1. The Morgan fingerprint density at radius 2 is 1.79 bits per heavy atom. The van der Waals surface area contributed by atoms with Crippen LogP contribution in [0.3, 0.4) is 0 Å². The molecule has 0 atom stereocenters. The minimum absolute atomic E-state index is 0.120. The number of nitrogens with one attached hydrogen (secondary N) is 1. The smallest absolute Gasteiger partial charge is 0.322 e. The van der Waals surface area contributed by atoms with Crippen LogP contribution in [-0.4, -0.2) is 31.1 Å². The number of rotatable bonds is 7. The summed E-state index contributed by atoms with van der Waals surface area (Å²) < 4.78 is 54.7. The maximum Gasteiger partial charge on any atom is 0.322 e. The van der Waals surface area contributed by atoms with Gasteiger partial charge in [0.25, 0.3) is 0 Å². The maximum atomic E-state index is 13.8. The fraction of sp³-hybridized carbons (Fsp3) is 0.316. The third-order valence-electron chi connectivity index (χ3n) is 3.91. The summed E-state index contributed by atoms with van der Waals surface area (Å²) >= 11 is 0. The monoisotopic (exact) mass is 412 g/mol. The minimum atomic E-state index is -3.61. The van der Waals surface area contributed by atoms with Gasteiger partial charge in [0.1, 0.15) is 17.4 Å². The van der Waals surface area contributed by atoms with Gasteiger partial charge in [0.2, 0.25) is 0 Å². The maximum absolute atomic E-state index is 13.8. The molecule has 2 aromatic carbocycles. The Kier molecular flexibility index (Phi) is 6.95. The average Bonchev–Trinajstić information content (AvgIpc) is 2.62. The highest BCUT2D eigenvalue weighted by molar-refractivity contribution is 7.87. The molecule has 0 saturated heterocycles. The van der Waals surface area contributed by atoms with Crippen LogP contribution in [0.25, 0.3) is 0 Å². The van der Waals surface area contributed by atoms with Gasteiger partial charge < -0.3 is 14.4 Å². The van der Waals surface area contributed by atoms with E-state index in [0.717, 1.165) is 17.7 Å². The summed E-state index contributed by atoms with van der Waals surface area (Å²) in [5, 5.41) is 2.43. The largest absolute Gasteiger partial charge is 0.382 e. The Labute approximate surface area is 163 Å². The number of hydrogen-bond acceptors (Lipinski definition) is 4. The van der Waals surface area contributed by atoms with Crippen molar-refractivity contribution in [3.05, 3.63) is 59.7 Å². The second kappa shape index (κ2) is 9.01. The summed E-state index contributed by atoms with van der Waals surface area (Å²) in [7, 11) is -3.61. The van der Waals surface area contributed by atoms with E-state index < -0.39 is 27.8 Å². The lowest BCUT2D eigenvalue weighted by molar-refractivity contribution is 0.193. The van der Waals surface area contributed by atoms with Crippen molar-refractivity contribution in [2.24, 2.45) is 0 Å². The Bertz CT molecular complexity index is 931. The molecule has 6 nitrogen and oxygen atoms in total. The second-order valence-corrected chi connectivity index (χ2v) is 8.21. The Morgan fingerprint density at radius 3 is 2.32 bits per heavy atom. The number of anilines is 1. The lowest BCUT2D eigenvalue weighted by atomic mass is 10.2. The van der Waals surface area contributed by atoms with Crippen LogP contribution in [0.5, 0.6) is 5.75 Å². The van der Waals surface area contributed by atoms with Crippen LogP contribution in [0, 0.1) is 11.6 Å². The summed E-state index contributed by atoms with van der Waals surface area (Å²) in [6.45, 7) is 5.28. The molecule has 0 bridgehead atoms. The zero-order valence-corrected chi connectivity index (χ0v) is 16.6. The molecule has 0 aliphatic rings. The van der Waals surface area contributed by atoms with Crippen molar-refractivity contribution < 1.29 is 26.2 Å². The normalized spacial score (nSPS) is 11.4. The van der Waals surface area contributed by atoms with Crippen molar-refractivity contribution in [3.8, 4) is 5.75 Å². The molecular weight excluding hydrogens is 390 g/mol. The van der Waals surface area contributed by atoms with Crippen LogP contribution in [0.1, 0.15) is 26.3 Å². The number of carbonyl (C=O) groups is 1. The van der Waals surface area contributed by atoms with Crippen LogP contribution in [0.4, 0.5) is 19.3 Å². The van der Waals surface area contributed by atoms with Gasteiger partial charge in [-0.2, -0.15) is 8.42 Å². The van der Waals surface area contributed by atoms with Gasteiger partial charge in [-0.25, -0.2) is 13.6 Å². The third-order valence-corrected chi connectivity index (χ3v) is 5.06. The predicted molar refractivity (Wildman–Crippen MR) is 103 cm³/mol. The van der Waals surface area contributed by atoms with Crippen LogP contribution in [0.15, 0.2) is 42.5 Å². The van der Waals surface area contributed by atoms with Crippen molar-refractivity contribution in [1.29, 1.82) is 0 Å². The number of hydrogen-bond donors (Lipinski definition) is 1. The SMILES string of the molecule is CCS(=O)(=O)Oc1ccc(CN(C(=O)Nc2ccc(F)cc2F)C(C)C)cc1. The summed E-state index contributed by atoms with van der Waals surface area (Å²) in [5.41, 5.74) is 0.607. The minimum Gasteiger partial charge on any atom is -0.382 e. The molecule has 28 heavy (non-hydrogen) atoms. The first kappa shape index (κ1) is 21.6. The van der Waals surface area contributed by atoms with E-state index >= 15 is 0 Å². The number of halogens is 2. The highest BCUT2D eigenvalue weighted by Crippen LogP contribution is 2.19. The van der Waals surface area contributed by atoms with Crippen molar-refractivity contribution in [2.45, 2.75) is 33.4 Å². The summed E-state index contributed by atoms with van der Waals surface area (Å²) in [5.74, 6) is -1.56. The number of urea groups is 1. The molecule has 0 aromatic heterocycles. The van der Waals surface area contributed by atoms with Gasteiger partial charge in [-0.05, 0) is 50.6 Å². The van der Waals surface area contributed by atoms with E-state index in [2.05, 4.69) is 5.32 Å². The van der Waals surface area contributed by atoms with Crippen LogP contribution >= 0.6 is 0 Å². The lowest BCUT2D eigenvalue weighted by Gasteiger charge is -2.27. The zero-order valence-electron chi connectivity index (χ0n) is 15.8. The summed E-state index contributed by atoms with van der Waals surface area (Å²) in [6.07, 6.45) is 0. The molecule has 2 amide bonds. The van der Waals surface area contributed by atoms with E-state index in [1.165, 1.54) is 24.0 Å². The van der Waals surface area contributed by atoms with Crippen LogP contribution < -0.4 is 9.50 Å². The Morgan fingerprint density at radius 1 is 1.14 bits per heavy atom. The Hall–Kier alpha value is -2.68. The van der Waals surface area contributed by atoms with Gasteiger partial charge in [-0.3, -0.25) is 0 Å². The summed E-state index contributed by atoms with van der Waals surface area (Å²) in [4.78, 5) is 14.0. The average molecular weight is 412 g/mol. The van der Waals surface area contributed by atoms with E-state index in [1.807, 2.05) is 0 Å².